The Morgan fingerprint density at radius 1 is 1.21 bits per heavy atom. The summed E-state index contributed by atoms with van der Waals surface area (Å²) < 4.78 is 5.40. The van der Waals surface area contributed by atoms with Crippen LogP contribution in [0.4, 0.5) is 0 Å². The summed E-state index contributed by atoms with van der Waals surface area (Å²) in [7, 11) is 0. The van der Waals surface area contributed by atoms with Gasteiger partial charge in [-0.3, -0.25) is 9.59 Å². The van der Waals surface area contributed by atoms with Gasteiger partial charge in [0.1, 0.15) is 6.10 Å². The van der Waals surface area contributed by atoms with E-state index in [-0.39, 0.29) is 12.0 Å². The third kappa shape index (κ3) is 4.84. The zero-order chi connectivity index (χ0) is 14.3. The molecule has 1 saturated carbocycles. The van der Waals surface area contributed by atoms with Crippen LogP contribution in [-0.4, -0.2) is 23.1 Å². The number of rotatable bonds is 7. The SMILES string of the molecule is CCCC(CC)OC(=O)C(C(=O)O)C1CCCCC1. The van der Waals surface area contributed by atoms with Gasteiger partial charge in [-0.1, -0.05) is 39.5 Å². The summed E-state index contributed by atoms with van der Waals surface area (Å²) in [5.74, 6) is -2.56. The van der Waals surface area contributed by atoms with Crippen molar-refractivity contribution in [3.8, 4) is 0 Å². The van der Waals surface area contributed by atoms with E-state index in [1.165, 1.54) is 0 Å². The molecule has 0 aromatic heterocycles. The zero-order valence-corrected chi connectivity index (χ0v) is 12.1. The van der Waals surface area contributed by atoms with Crippen molar-refractivity contribution in [3.05, 3.63) is 0 Å². The molecule has 4 nitrogen and oxygen atoms in total. The number of carbonyl (C=O) groups is 2. The average molecular weight is 270 g/mol. The maximum atomic E-state index is 12.1. The van der Waals surface area contributed by atoms with Gasteiger partial charge in [-0.2, -0.15) is 0 Å². The third-order valence-electron chi connectivity index (χ3n) is 3.99. The van der Waals surface area contributed by atoms with Crippen LogP contribution in [0.2, 0.25) is 0 Å². The monoisotopic (exact) mass is 270 g/mol. The second-order valence-corrected chi connectivity index (χ2v) is 5.47. The Morgan fingerprint density at radius 2 is 1.84 bits per heavy atom. The molecule has 1 aliphatic rings. The molecule has 0 aromatic rings. The minimum Gasteiger partial charge on any atom is -0.481 e. The lowest BCUT2D eigenvalue weighted by molar-refractivity contribution is -0.166. The fourth-order valence-corrected chi connectivity index (χ4v) is 2.87. The summed E-state index contributed by atoms with van der Waals surface area (Å²) in [5.41, 5.74) is 0. The Balaban J connectivity index is 2.64. The summed E-state index contributed by atoms with van der Waals surface area (Å²) in [4.78, 5) is 23.5. The van der Waals surface area contributed by atoms with Crippen molar-refractivity contribution in [3.63, 3.8) is 0 Å². The van der Waals surface area contributed by atoms with Gasteiger partial charge in [-0.25, -0.2) is 0 Å². The number of hydrogen-bond acceptors (Lipinski definition) is 3. The first-order valence-electron chi connectivity index (χ1n) is 7.53. The van der Waals surface area contributed by atoms with E-state index < -0.39 is 17.9 Å². The molecular formula is C15H26O4. The summed E-state index contributed by atoms with van der Waals surface area (Å²) in [6.45, 7) is 4.00. The van der Waals surface area contributed by atoms with Crippen LogP contribution in [0.5, 0.6) is 0 Å². The lowest BCUT2D eigenvalue weighted by Gasteiger charge is -2.27. The first kappa shape index (κ1) is 16.0. The highest BCUT2D eigenvalue weighted by Gasteiger charge is 2.37. The van der Waals surface area contributed by atoms with Gasteiger partial charge in [0.2, 0.25) is 0 Å². The Kier molecular flexibility index (Phi) is 6.89. The van der Waals surface area contributed by atoms with Gasteiger partial charge in [0.25, 0.3) is 0 Å². The number of ether oxygens (including phenoxy) is 1. The molecule has 1 aliphatic carbocycles. The van der Waals surface area contributed by atoms with Gasteiger partial charge in [0.05, 0.1) is 0 Å². The number of esters is 1. The minimum absolute atomic E-state index is 0.0436. The summed E-state index contributed by atoms with van der Waals surface area (Å²) in [5, 5.41) is 9.31. The molecule has 0 bridgehead atoms. The Hall–Kier alpha value is -1.06. The lowest BCUT2D eigenvalue weighted by atomic mass is 9.80. The quantitative estimate of drug-likeness (QED) is 0.569. The highest BCUT2D eigenvalue weighted by Crippen LogP contribution is 2.31. The van der Waals surface area contributed by atoms with E-state index in [0.29, 0.717) is 0 Å². The molecule has 2 unspecified atom stereocenters. The van der Waals surface area contributed by atoms with Gasteiger partial charge in [0.15, 0.2) is 5.92 Å². The van der Waals surface area contributed by atoms with Crippen molar-refractivity contribution in [1.82, 2.24) is 0 Å². The molecule has 0 saturated heterocycles. The predicted octanol–water partition coefficient (Wildman–Crippen LogP) is 3.39. The Morgan fingerprint density at radius 3 is 2.32 bits per heavy atom. The first-order chi connectivity index (χ1) is 9.10. The third-order valence-corrected chi connectivity index (χ3v) is 3.99. The van der Waals surface area contributed by atoms with Crippen molar-refractivity contribution in [2.24, 2.45) is 11.8 Å². The molecule has 19 heavy (non-hydrogen) atoms. The predicted molar refractivity (Wildman–Crippen MR) is 72.8 cm³/mol. The fourth-order valence-electron chi connectivity index (χ4n) is 2.87. The van der Waals surface area contributed by atoms with Gasteiger partial charge in [-0.15, -0.1) is 0 Å². The molecule has 0 heterocycles. The average Bonchev–Trinajstić information content (AvgIpc) is 2.39. The summed E-state index contributed by atoms with van der Waals surface area (Å²) in [6.07, 6.45) is 7.20. The van der Waals surface area contributed by atoms with Gasteiger partial charge in [0, 0.05) is 0 Å². The maximum absolute atomic E-state index is 12.1. The van der Waals surface area contributed by atoms with Gasteiger partial charge >= 0.3 is 11.9 Å². The van der Waals surface area contributed by atoms with Crippen molar-refractivity contribution in [2.45, 2.75) is 71.3 Å². The molecule has 2 atom stereocenters. The molecule has 4 heteroatoms. The van der Waals surface area contributed by atoms with E-state index in [4.69, 9.17) is 4.74 Å². The van der Waals surface area contributed by atoms with Crippen LogP contribution in [0, 0.1) is 11.8 Å². The zero-order valence-electron chi connectivity index (χ0n) is 12.1. The van der Waals surface area contributed by atoms with Crippen molar-refractivity contribution in [1.29, 1.82) is 0 Å². The van der Waals surface area contributed by atoms with Crippen LogP contribution in [0.3, 0.4) is 0 Å². The summed E-state index contributed by atoms with van der Waals surface area (Å²) >= 11 is 0. The molecule has 1 fully saturated rings. The van der Waals surface area contributed by atoms with Crippen LogP contribution >= 0.6 is 0 Å². The van der Waals surface area contributed by atoms with Crippen LogP contribution in [0.15, 0.2) is 0 Å². The Bertz CT molecular complexity index is 295. The number of carboxylic acids is 1. The highest BCUT2D eigenvalue weighted by atomic mass is 16.5. The van der Waals surface area contributed by atoms with Crippen LogP contribution in [-0.2, 0) is 14.3 Å². The molecule has 110 valence electrons. The number of aliphatic carboxylic acids is 1. The number of hydrogen-bond donors (Lipinski definition) is 1. The summed E-state index contributed by atoms with van der Waals surface area (Å²) in [6, 6.07) is 0. The fraction of sp³-hybridized carbons (Fsp3) is 0.867. The van der Waals surface area contributed by atoms with Crippen LogP contribution < -0.4 is 0 Å². The smallest absolute Gasteiger partial charge is 0.320 e. The highest BCUT2D eigenvalue weighted by molar-refractivity contribution is 5.94. The van der Waals surface area contributed by atoms with E-state index in [9.17, 15) is 14.7 Å². The van der Waals surface area contributed by atoms with Gasteiger partial charge in [-0.05, 0) is 31.6 Å². The molecule has 1 N–H and O–H groups in total. The van der Waals surface area contributed by atoms with E-state index in [1.807, 2.05) is 13.8 Å². The van der Waals surface area contributed by atoms with Gasteiger partial charge < -0.3 is 9.84 Å². The molecule has 1 rings (SSSR count). The van der Waals surface area contributed by atoms with Crippen molar-refractivity contribution < 1.29 is 19.4 Å². The van der Waals surface area contributed by atoms with E-state index >= 15 is 0 Å². The Labute approximate surface area is 115 Å². The second-order valence-electron chi connectivity index (χ2n) is 5.47. The molecular weight excluding hydrogens is 244 g/mol. The lowest BCUT2D eigenvalue weighted by Crippen LogP contribution is -2.36. The molecule has 0 radical (unpaired) electrons. The largest absolute Gasteiger partial charge is 0.481 e. The number of carbonyl (C=O) groups excluding carboxylic acids is 1. The number of carboxylic acid groups (broad SMARTS) is 1. The topological polar surface area (TPSA) is 63.6 Å². The molecule has 0 aliphatic heterocycles. The maximum Gasteiger partial charge on any atom is 0.320 e. The first-order valence-corrected chi connectivity index (χ1v) is 7.53. The van der Waals surface area contributed by atoms with Crippen molar-refractivity contribution >= 4 is 11.9 Å². The minimum atomic E-state index is -1.02. The van der Waals surface area contributed by atoms with Crippen LogP contribution in [0.25, 0.3) is 0 Å². The van der Waals surface area contributed by atoms with E-state index in [0.717, 1.165) is 51.4 Å². The van der Waals surface area contributed by atoms with E-state index in [1.54, 1.807) is 0 Å². The van der Waals surface area contributed by atoms with Crippen LogP contribution in [0.1, 0.15) is 65.2 Å². The molecule has 0 aromatic carbocycles. The molecule has 0 spiro atoms. The van der Waals surface area contributed by atoms with Crippen molar-refractivity contribution in [2.75, 3.05) is 0 Å². The second kappa shape index (κ2) is 8.18. The van der Waals surface area contributed by atoms with E-state index in [2.05, 4.69) is 0 Å². The standard InChI is InChI=1S/C15H26O4/c1-3-8-12(4-2)19-15(18)13(14(16)17)11-9-6-5-7-10-11/h11-13H,3-10H2,1-2H3,(H,16,17). The normalized spacial score (nSPS) is 19.7. The molecule has 0 amide bonds.